The molecule has 8 heterocycles. The first kappa shape index (κ1) is 39.3. The summed E-state index contributed by atoms with van der Waals surface area (Å²) in [4.78, 5) is 74.8. The van der Waals surface area contributed by atoms with Gasteiger partial charge in [-0.15, -0.1) is 0 Å². The maximum Gasteiger partial charge on any atom is 0.284 e. The van der Waals surface area contributed by atoms with Crippen LogP contribution in [0.1, 0.15) is 107 Å². The highest BCUT2D eigenvalue weighted by atomic mass is 19.3. The van der Waals surface area contributed by atoms with Crippen LogP contribution in [0.3, 0.4) is 0 Å². The van der Waals surface area contributed by atoms with Gasteiger partial charge < -0.3 is 25.2 Å². The number of amides is 5. The van der Waals surface area contributed by atoms with Crippen LogP contribution in [0.5, 0.6) is 0 Å². The van der Waals surface area contributed by atoms with Crippen molar-refractivity contribution < 1.29 is 37.5 Å². The molecule has 1 aliphatic carbocycles. The second kappa shape index (κ2) is 15.9. The average Bonchev–Trinajstić information content (AvgIpc) is 4.11. The SMILES string of the molecule is O=C1CCC(N2C(=O)c3cccc(NCC4CCN(C[C@H]5CC[C@H](n6cc(NC(=O)c7cnn8ccc(N9C[C@H]%10C[C@@H]9CO%10)nc78)c(C(F)F)n6)CC5)CC4)c3C2=O)C(=O)N1. The maximum absolute atomic E-state index is 14.3. The van der Waals surface area contributed by atoms with E-state index < -0.39 is 47.7 Å². The number of morpholine rings is 1. The van der Waals surface area contributed by atoms with Gasteiger partial charge in [-0.3, -0.25) is 38.9 Å². The number of hydrogen-bond donors (Lipinski definition) is 3. The van der Waals surface area contributed by atoms with Crippen LogP contribution in [0.25, 0.3) is 5.65 Å². The molecule has 3 atom stereocenters. The third kappa shape index (κ3) is 7.40. The fraction of sp³-hybridized carbons (Fsp3) is 0.524. The standard InChI is InChI=1S/C42H47F2N11O6/c43-37(44)36-31(47-39(57)29-18-46-53-15-12-33(48-38(29)53)52-20-27-16-26(52)22-61-27)21-54(50-36)25-6-4-24(5-7-25)19-51-13-10-23(11-14-51)17-45-30-3-1-2-28-35(30)42(60)55(41(28)59)32-8-9-34(56)49-40(32)58/h1-3,12,15,18,21,23-27,32,37,45H,4-11,13-14,16-17,19-20,22H2,(H,47,57)(H,49,56,58)/t24-,25-,26-,27-,32?/m1/s1. The molecule has 19 heteroatoms. The first-order valence-electron chi connectivity index (χ1n) is 21.3. The van der Waals surface area contributed by atoms with Gasteiger partial charge in [-0.25, -0.2) is 18.3 Å². The molecule has 61 heavy (non-hydrogen) atoms. The van der Waals surface area contributed by atoms with Gasteiger partial charge in [0.2, 0.25) is 11.8 Å². The average molecular weight is 840 g/mol. The summed E-state index contributed by atoms with van der Waals surface area (Å²) >= 11 is 0. The normalized spacial score (nSPS) is 25.9. The van der Waals surface area contributed by atoms with Crippen molar-refractivity contribution in [2.75, 3.05) is 54.9 Å². The monoisotopic (exact) mass is 839 g/mol. The number of nitrogens with zero attached hydrogens (tertiary/aromatic N) is 8. The minimum absolute atomic E-state index is 0.0186. The molecule has 320 valence electrons. The van der Waals surface area contributed by atoms with Crippen molar-refractivity contribution in [2.24, 2.45) is 11.8 Å². The Bertz CT molecular complexity index is 2400. The van der Waals surface area contributed by atoms with Crippen LogP contribution in [-0.2, 0) is 14.3 Å². The number of fused-ring (bicyclic) bond motifs is 4. The summed E-state index contributed by atoms with van der Waals surface area (Å²) in [5.74, 6) is -1.12. The smallest absolute Gasteiger partial charge is 0.284 e. The molecule has 4 saturated heterocycles. The van der Waals surface area contributed by atoms with Crippen molar-refractivity contribution in [1.29, 1.82) is 0 Å². The fourth-order valence-electron chi connectivity index (χ4n) is 10.1. The third-order valence-electron chi connectivity index (χ3n) is 13.5. The lowest BCUT2D eigenvalue weighted by Crippen LogP contribution is -2.54. The largest absolute Gasteiger partial charge is 0.384 e. The predicted molar refractivity (Wildman–Crippen MR) is 215 cm³/mol. The number of ether oxygens (including phenoxy) is 1. The van der Waals surface area contributed by atoms with Crippen molar-refractivity contribution in [3.05, 3.63) is 65.2 Å². The van der Waals surface area contributed by atoms with Gasteiger partial charge in [0.05, 0.1) is 47.8 Å². The van der Waals surface area contributed by atoms with Gasteiger partial charge in [0.25, 0.3) is 24.1 Å². The number of anilines is 3. The number of carbonyl (C=O) groups excluding carboxylic acids is 5. The number of aromatic nitrogens is 5. The molecule has 5 amide bonds. The van der Waals surface area contributed by atoms with E-state index in [1.807, 2.05) is 6.07 Å². The molecule has 3 aromatic heterocycles. The summed E-state index contributed by atoms with van der Waals surface area (Å²) in [5, 5.41) is 16.9. The van der Waals surface area contributed by atoms with Crippen LogP contribution in [0.4, 0.5) is 26.0 Å². The molecule has 1 aromatic carbocycles. The Labute approximate surface area is 349 Å². The lowest BCUT2D eigenvalue weighted by atomic mass is 9.85. The summed E-state index contributed by atoms with van der Waals surface area (Å²) in [7, 11) is 0. The minimum atomic E-state index is -2.87. The molecule has 1 unspecified atom stereocenters. The van der Waals surface area contributed by atoms with E-state index in [2.05, 4.69) is 35.9 Å². The van der Waals surface area contributed by atoms with Crippen molar-refractivity contribution >= 4 is 52.4 Å². The number of likely N-dealkylation sites (tertiary alicyclic amines) is 1. The molecule has 5 fully saturated rings. The van der Waals surface area contributed by atoms with E-state index >= 15 is 0 Å². The first-order chi connectivity index (χ1) is 29.6. The number of carbonyl (C=O) groups is 5. The van der Waals surface area contributed by atoms with Gasteiger partial charge in [0.1, 0.15) is 17.4 Å². The van der Waals surface area contributed by atoms with Crippen molar-refractivity contribution in [2.45, 2.75) is 88.4 Å². The topological polar surface area (TPSA) is 188 Å². The zero-order chi connectivity index (χ0) is 41.9. The number of alkyl halides is 2. The van der Waals surface area contributed by atoms with E-state index in [1.165, 1.54) is 16.9 Å². The van der Waals surface area contributed by atoms with Gasteiger partial charge in [0, 0.05) is 44.1 Å². The molecular weight excluding hydrogens is 793 g/mol. The van der Waals surface area contributed by atoms with Crippen molar-refractivity contribution in [1.82, 2.24) is 39.5 Å². The summed E-state index contributed by atoms with van der Waals surface area (Å²) in [6.45, 7) is 4.81. The molecular formula is C42H47F2N11O6. The van der Waals surface area contributed by atoms with Crippen LogP contribution in [0.15, 0.2) is 42.9 Å². The Morgan fingerprint density at radius 2 is 1.77 bits per heavy atom. The van der Waals surface area contributed by atoms with E-state index in [0.29, 0.717) is 36.3 Å². The number of rotatable bonds is 11. The highest BCUT2D eigenvalue weighted by Crippen LogP contribution is 2.37. The minimum Gasteiger partial charge on any atom is -0.384 e. The van der Waals surface area contributed by atoms with Gasteiger partial charge in [-0.05, 0) is 94.5 Å². The molecule has 0 radical (unpaired) electrons. The van der Waals surface area contributed by atoms with Gasteiger partial charge in [-0.1, -0.05) is 6.07 Å². The Morgan fingerprint density at radius 3 is 2.51 bits per heavy atom. The molecule has 4 aromatic rings. The Hall–Kier alpha value is -5.82. The molecule has 5 aliphatic heterocycles. The number of hydrogen-bond acceptors (Lipinski definition) is 12. The quantitative estimate of drug-likeness (QED) is 0.184. The lowest BCUT2D eigenvalue weighted by Gasteiger charge is -2.36. The summed E-state index contributed by atoms with van der Waals surface area (Å²) in [5.41, 5.74) is 1.14. The first-order valence-corrected chi connectivity index (χ1v) is 21.3. The van der Waals surface area contributed by atoms with Crippen molar-refractivity contribution in [3.63, 3.8) is 0 Å². The zero-order valence-electron chi connectivity index (χ0n) is 33.5. The van der Waals surface area contributed by atoms with Crippen LogP contribution in [0, 0.1) is 11.8 Å². The molecule has 10 rings (SSSR count). The van der Waals surface area contributed by atoms with Crippen LogP contribution in [-0.4, -0.2) is 121 Å². The summed E-state index contributed by atoms with van der Waals surface area (Å²) < 4.78 is 37.4. The Kier molecular flexibility index (Phi) is 10.2. The van der Waals surface area contributed by atoms with E-state index in [0.717, 1.165) is 81.8 Å². The molecule has 17 nitrogen and oxygen atoms in total. The molecule has 0 spiro atoms. The molecule has 6 aliphatic rings. The number of piperidine rings is 2. The highest BCUT2D eigenvalue weighted by Gasteiger charge is 2.46. The Morgan fingerprint density at radius 1 is 0.951 bits per heavy atom. The molecule has 1 saturated carbocycles. The van der Waals surface area contributed by atoms with Gasteiger partial charge >= 0.3 is 0 Å². The molecule has 3 N–H and O–H groups in total. The number of nitrogens with one attached hydrogen (secondary N) is 3. The fourth-order valence-corrected chi connectivity index (χ4v) is 10.1. The second-order valence-corrected chi connectivity index (χ2v) is 17.2. The lowest BCUT2D eigenvalue weighted by molar-refractivity contribution is -0.136. The van der Waals surface area contributed by atoms with E-state index in [4.69, 9.17) is 9.72 Å². The number of halogens is 2. The Balaban J connectivity index is 0.706. The number of imide groups is 2. The van der Waals surface area contributed by atoms with E-state index in [-0.39, 0.29) is 53.4 Å². The van der Waals surface area contributed by atoms with E-state index in [9.17, 15) is 32.8 Å². The number of benzene rings is 1. The van der Waals surface area contributed by atoms with Crippen LogP contribution in [0.2, 0.25) is 0 Å². The van der Waals surface area contributed by atoms with Crippen LogP contribution >= 0.6 is 0 Å². The van der Waals surface area contributed by atoms with Crippen LogP contribution < -0.4 is 20.9 Å². The second-order valence-electron chi connectivity index (χ2n) is 17.2. The third-order valence-corrected chi connectivity index (χ3v) is 13.5. The molecule has 2 bridgehead atoms. The van der Waals surface area contributed by atoms with Gasteiger partial charge in [-0.2, -0.15) is 10.2 Å². The van der Waals surface area contributed by atoms with Gasteiger partial charge in [0.15, 0.2) is 11.3 Å². The summed E-state index contributed by atoms with van der Waals surface area (Å²) in [6, 6.07) is 6.12. The maximum atomic E-state index is 14.3. The van der Waals surface area contributed by atoms with E-state index in [1.54, 1.807) is 29.1 Å². The predicted octanol–water partition coefficient (Wildman–Crippen LogP) is 4.05. The summed E-state index contributed by atoms with van der Waals surface area (Å²) in [6.07, 6.45) is 8.46. The zero-order valence-corrected chi connectivity index (χ0v) is 33.5. The van der Waals surface area contributed by atoms with Crippen molar-refractivity contribution in [3.8, 4) is 0 Å². The highest BCUT2D eigenvalue weighted by molar-refractivity contribution is 6.25.